The van der Waals surface area contributed by atoms with Crippen molar-refractivity contribution in [2.75, 3.05) is 44.6 Å². The van der Waals surface area contributed by atoms with Crippen molar-refractivity contribution < 1.29 is 51.6 Å². The van der Waals surface area contributed by atoms with Crippen LogP contribution < -0.4 is 31.4 Å². The summed E-state index contributed by atoms with van der Waals surface area (Å²) in [7, 11) is 0.184. The topological polar surface area (TPSA) is 248 Å². The van der Waals surface area contributed by atoms with Crippen molar-refractivity contribution in [3.63, 3.8) is 0 Å². The molecule has 80 heavy (non-hydrogen) atoms. The Bertz CT molecular complexity index is 3500. The predicted molar refractivity (Wildman–Crippen MR) is 294 cm³/mol. The molecule has 2 saturated heterocycles. The number of hydrogen-bond acceptors (Lipinski definition) is 17. The highest BCUT2D eigenvalue weighted by atomic mass is 31.1. The second kappa shape index (κ2) is 24.7. The highest BCUT2D eigenvalue weighted by Crippen LogP contribution is 2.45. The number of carbonyl (C=O) groups excluding carboxylic acids is 2. The number of nitrogens with one attached hydrogen (secondary N) is 3. The van der Waals surface area contributed by atoms with Crippen molar-refractivity contribution in [3.8, 4) is 11.5 Å². The van der Waals surface area contributed by atoms with Gasteiger partial charge in [0.25, 0.3) is 11.5 Å². The molecule has 2 aliphatic rings. The van der Waals surface area contributed by atoms with Crippen LogP contribution in [0.4, 0.5) is 11.8 Å². The van der Waals surface area contributed by atoms with E-state index in [-0.39, 0.29) is 53.9 Å². The number of carbonyl (C=O) groups is 2. The number of hydrogen-bond donors (Lipinski definition) is 3. The maximum absolute atomic E-state index is 14.3. The lowest BCUT2D eigenvalue weighted by atomic mass is 9.80. The van der Waals surface area contributed by atoms with E-state index in [4.69, 9.17) is 42.5 Å². The Morgan fingerprint density at radius 2 is 1.30 bits per heavy atom. The minimum atomic E-state index is -3.00. The van der Waals surface area contributed by atoms with Gasteiger partial charge in [0.2, 0.25) is 5.95 Å². The summed E-state index contributed by atoms with van der Waals surface area (Å²) in [4.78, 5) is 69.2. The second-order valence-electron chi connectivity index (χ2n) is 19.4. The van der Waals surface area contributed by atoms with Crippen LogP contribution in [-0.2, 0) is 38.2 Å². The third-order valence-corrected chi connectivity index (χ3v) is 14.5. The SMILES string of the molecule is COc1ccc(C(OC[C@H]2O[C@@H](n3cnc4c(=O)[nH]c(NCC(C)C)nc43)C[C@@H]2O[P+](=O)OC[C@H]2O[C@@H](n3ccc(NC(=O)c4ccccc4)nc3=O)C[C@@H]2OC(=O)c2ccccc2)(c2ccccc2)c2ccc(OC)cc2)cc1. The Morgan fingerprint density at radius 3 is 1.91 bits per heavy atom. The van der Waals surface area contributed by atoms with Crippen LogP contribution in [0.2, 0.25) is 0 Å². The molecule has 8 aromatic rings. The standard InChI is InChI=1S/C58H57N8O13P/c1-36(2)32-59-56-63-52-51(54(68)64-56)60-35-66(52)50-31-45(46(76-50)33-74-58(39-18-12-7-13-19-39,40-20-24-42(72-3)25-21-40)41-22-26-43(73-4)27-23-41)79-80(71)75-34-47-44(78-55(69)38-16-10-6-11-17-38)30-49(77-47)65-29-28-48(62-57(65)70)61-53(67)37-14-8-5-9-15-37/h5-29,35-36,44-47,49-50H,30-34H2,1-4H3,(H2-,59,61,62,63,64,67,68,70)/p+1/t44-,45-,46+,47+,49+,50+/m0/s1. The first-order valence-electron chi connectivity index (χ1n) is 25.9. The summed E-state index contributed by atoms with van der Waals surface area (Å²) in [6.07, 6.45) is -2.98. The van der Waals surface area contributed by atoms with Gasteiger partial charge in [-0.3, -0.25) is 23.7 Å². The number of imidazole rings is 1. The van der Waals surface area contributed by atoms with Crippen LogP contribution in [0.25, 0.3) is 11.2 Å². The fraction of sp³-hybridized carbons (Fsp3) is 0.293. The largest absolute Gasteiger partial charge is 0.697 e. The van der Waals surface area contributed by atoms with Crippen molar-refractivity contribution in [2.45, 2.75) is 69.2 Å². The van der Waals surface area contributed by atoms with Crippen LogP contribution in [-0.4, -0.2) is 99.3 Å². The molecule has 3 N–H and O–H groups in total. The van der Waals surface area contributed by atoms with Crippen LogP contribution in [0.3, 0.4) is 0 Å². The molecule has 5 heterocycles. The summed E-state index contributed by atoms with van der Waals surface area (Å²) >= 11 is 0. The Kier molecular flexibility index (Phi) is 17.0. The van der Waals surface area contributed by atoms with Gasteiger partial charge < -0.3 is 39.1 Å². The molecule has 1 unspecified atom stereocenters. The number of nitrogens with zero attached hydrogens (tertiary/aromatic N) is 5. The van der Waals surface area contributed by atoms with E-state index in [2.05, 4.69) is 25.6 Å². The Labute approximate surface area is 460 Å². The van der Waals surface area contributed by atoms with E-state index >= 15 is 0 Å². The highest BCUT2D eigenvalue weighted by Gasteiger charge is 2.48. The molecule has 7 atom stereocenters. The second-order valence-corrected chi connectivity index (χ2v) is 20.3. The molecule has 0 aliphatic carbocycles. The molecule has 2 aliphatic heterocycles. The number of rotatable bonds is 22. The van der Waals surface area contributed by atoms with Crippen molar-refractivity contribution in [1.82, 2.24) is 29.1 Å². The van der Waals surface area contributed by atoms with E-state index < -0.39 is 80.5 Å². The first-order valence-corrected chi connectivity index (χ1v) is 27.0. The van der Waals surface area contributed by atoms with Gasteiger partial charge in [0.05, 0.1) is 32.7 Å². The number of amides is 1. The van der Waals surface area contributed by atoms with Crippen LogP contribution in [0.15, 0.2) is 168 Å². The van der Waals surface area contributed by atoms with Gasteiger partial charge >= 0.3 is 19.9 Å². The van der Waals surface area contributed by atoms with Crippen molar-refractivity contribution in [2.24, 2.45) is 5.92 Å². The molecule has 10 rings (SSSR count). The molecule has 5 aromatic carbocycles. The normalized spacial score (nSPS) is 19.2. The van der Waals surface area contributed by atoms with E-state index in [0.717, 1.165) is 16.7 Å². The van der Waals surface area contributed by atoms with E-state index in [1.54, 1.807) is 79.5 Å². The van der Waals surface area contributed by atoms with Gasteiger partial charge in [-0.05, 0) is 77.2 Å². The molecule has 412 valence electrons. The highest BCUT2D eigenvalue weighted by molar-refractivity contribution is 7.33. The molecule has 0 saturated carbocycles. The monoisotopic (exact) mass is 1110 g/mol. The Balaban J connectivity index is 0.933. The maximum Gasteiger partial charge on any atom is 0.697 e. The lowest BCUT2D eigenvalue weighted by Crippen LogP contribution is -2.38. The molecule has 0 radical (unpaired) electrons. The van der Waals surface area contributed by atoms with E-state index in [1.807, 2.05) is 92.7 Å². The fourth-order valence-corrected chi connectivity index (χ4v) is 10.4. The Hall–Kier alpha value is -8.43. The maximum atomic E-state index is 14.3. The number of benzene rings is 5. The molecule has 2 fully saturated rings. The van der Waals surface area contributed by atoms with Crippen LogP contribution >= 0.6 is 8.25 Å². The van der Waals surface area contributed by atoms with Gasteiger partial charge in [0.1, 0.15) is 66.4 Å². The van der Waals surface area contributed by atoms with Gasteiger partial charge in [-0.15, -0.1) is 9.05 Å². The average Bonchev–Trinajstić information content (AvgIpc) is 4.30. The molecule has 1 amide bonds. The van der Waals surface area contributed by atoms with E-state index in [1.165, 1.54) is 23.2 Å². The molecular weight excluding hydrogens is 1050 g/mol. The number of aromatic amines is 1. The number of esters is 1. The van der Waals surface area contributed by atoms with Crippen LogP contribution in [0.1, 0.15) is 76.6 Å². The summed E-state index contributed by atoms with van der Waals surface area (Å²) in [6.45, 7) is 4.03. The number of fused-ring (bicyclic) bond motifs is 1. The number of methoxy groups -OCH3 is 2. The molecule has 0 spiro atoms. The molecule has 22 heteroatoms. The summed E-state index contributed by atoms with van der Waals surface area (Å²) in [6, 6.07) is 43.0. The third kappa shape index (κ3) is 12.2. The summed E-state index contributed by atoms with van der Waals surface area (Å²) < 4.78 is 67.0. The summed E-state index contributed by atoms with van der Waals surface area (Å²) in [5.41, 5.74) is 0.768. The smallest absolute Gasteiger partial charge is 0.497 e. The molecule has 21 nitrogen and oxygen atoms in total. The van der Waals surface area contributed by atoms with Gasteiger partial charge in [-0.2, -0.15) is 9.97 Å². The molecular formula is C58H58N8O13P+. The molecule has 3 aromatic heterocycles. The zero-order valence-corrected chi connectivity index (χ0v) is 45.0. The minimum Gasteiger partial charge on any atom is -0.497 e. The first kappa shape index (κ1) is 54.9. The zero-order valence-electron chi connectivity index (χ0n) is 44.1. The Morgan fingerprint density at radius 1 is 0.725 bits per heavy atom. The van der Waals surface area contributed by atoms with Crippen molar-refractivity contribution in [1.29, 1.82) is 0 Å². The first-order chi connectivity index (χ1) is 38.9. The number of anilines is 2. The van der Waals surface area contributed by atoms with Gasteiger partial charge in [0.15, 0.2) is 11.2 Å². The molecule has 0 bridgehead atoms. The lowest BCUT2D eigenvalue weighted by molar-refractivity contribution is -0.0913. The van der Waals surface area contributed by atoms with Crippen molar-refractivity contribution >= 4 is 43.1 Å². The quantitative estimate of drug-likeness (QED) is 0.0327. The average molecular weight is 1110 g/mol. The van der Waals surface area contributed by atoms with Crippen LogP contribution in [0, 0.1) is 5.92 Å². The number of H-pyrrole nitrogens is 1. The summed E-state index contributed by atoms with van der Waals surface area (Å²) in [5.74, 6) is 0.676. The van der Waals surface area contributed by atoms with Crippen molar-refractivity contribution in [3.05, 3.63) is 207 Å². The van der Waals surface area contributed by atoms with Gasteiger partial charge in [0, 0.05) is 35.7 Å². The fourth-order valence-electron chi connectivity index (χ4n) is 9.61. The number of ether oxygens (including phenoxy) is 6. The third-order valence-electron chi connectivity index (χ3n) is 13.7. The van der Waals surface area contributed by atoms with Gasteiger partial charge in [-0.1, -0.05) is 105 Å². The number of aromatic nitrogens is 6. The lowest BCUT2D eigenvalue weighted by Gasteiger charge is -2.37. The predicted octanol–water partition coefficient (Wildman–Crippen LogP) is 8.58. The van der Waals surface area contributed by atoms with E-state index in [0.29, 0.717) is 23.6 Å². The van der Waals surface area contributed by atoms with Crippen LogP contribution in [0.5, 0.6) is 11.5 Å². The minimum absolute atomic E-state index is 0.0165. The summed E-state index contributed by atoms with van der Waals surface area (Å²) in [5, 5.41) is 5.81. The van der Waals surface area contributed by atoms with E-state index in [9.17, 15) is 23.7 Å². The zero-order chi connectivity index (χ0) is 55.8. The van der Waals surface area contributed by atoms with Gasteiger partial charge in [-0.25, -0.2) is 14.6 Å².